The lowest BCUT2D eigenvalue weighted by Crippen LogP contribution is -2.53. The lowest BCUT2D eigenvalue weighted by atomic mass is 10.1. The molecule has 6 nitrogen and oxygen atoms in total. The predicted molar refractivity (Wildman–Crippen MR) is 123 cm³/mol. The van der Waals surface area contributed by atoms with Gasteiger partial charge in [0.25, 0.3) is 0 Å². The first kappa shape index (κ1) is 20.2. The number of rotatable bonds is 5. The highest BCUT2D eigenvalue weighted by Crippen LogP contribution is 2.22. The molecular formula is C24H29N5O. The molecule has 3 aromatic rings. The number of carbonyl (C=O) groups excluding carboxylic acids is 1. The number of para-hydroxylation sites is 1. The van der Waals surface area contributed by atoms with Crippen LogP contribution >= 0.6 is 0 Å². The van der Waals surface area contributed by atoms with Crippen LogP contribution in [0.1, 0.15) is 12.5 Å². The summed E-state index contributed by atoms with van der Waals surface area (Å²) in [5.41, 5.74) is 4.22. The lowest BCUT2D eigenvalue weighted by Gasteiger charge is -2.41. The Kier molecular flexibility index (Phi) is 6.14. The van der Waals surface area contributed by atoms with Crippen LogP contribution in [0.25, 0.3) is 10.9 Å². The van der Waals surface area contributed by atoms with Gasteiger partial charge in [-0.1, -0.05) is 35.9 Å². The highest BCUT2D eigenvalue weighted by Gasteiger charge is 2.23. The van der Waals surface area contributed by atoms with E-state index in [-0.39, 0.29) is 6.03 Å². The van der Waals surface area contributed by atoms with Crippen LogP contribution in [0, 0.1) is 6.92 Å². The number of anilines is 2. The average molecular weight is 404 g/mol. The van der Waals surface area contributed by atoms with E-state index in [0.29, 0.717) is 12.6 Å². The maximum Gasteiger partial charge on any atom is 0.319 e. The fourth-order valence-corrected chi connectivity index (χ4v) is 4.05. The largest absolute Gasteiger partial charge is 0.366 e. The molecule has 0 radical (unpaired) electrons. The zero-order chi connectivity index (χ0) is 20.9. The van der Waals surface area contributed by atoms with Gasteiger partial charge in [0.05, 0.1) is 11.2 Å². The van der Waals surface area contributed by atoms with Crippen molar-refractivity contribution >= 4 is 28.3 Å². The number of carbonyl (C=O) groups is 1. The Morgan fingerprint density at radius 3 is 2.70 bits per heavy atom. The SMILES string of the molecule is Cc1ccc(N2CCN(CCNC(=O)Nc3ccnc4ccccc34)CC2C)cc1. The number of nitrogens with zero attached hydrogens (tertiary/aromatic N) is 3. The van der Waals surface area contributed by atoms with Crippen LogP contribution in [0.5, 0.6) is 0 Å². The maximum atomic E-state index is 12.4. The molecule has 1 fully saturated rings. The van der Waals surface area contributed by atoms with Gasteiger partial charge in [-0.3, -0.25) is 9.88 Å². The Bertz CT molecular complexity index is 999. The Hall–Kier alpha value is -3.12. The van der Waals surface area contributed by atoms with E-state index in [9.17, 15) is 4.79 Å². The van der Waals surface area contributed by atoms with Gasteiger partial charge in [-0.2, -0.15) is 0 Å². The van der Waals surface area contributed by atoms with E-state index in [1.165, 1.54) is 11.3 Å². The molecule has 156 valence electrons. The predicted octanol–water partition coefficient (Wildman–Crippen LogP) is 3.88. The first-order chi connectivity index (χ1) is 14.6. The minimum Gasteiger partial charge on any atom is -0.366 e. The molecular weight excluding hydrogens is 374 g/mol. The molecule has 2 N–H and O–H groups in total. The average Bonchev–Trinajstić information content (AvgIpc) is 2.75. The summed E-state index contributed by atoms with van der Waals surface area (Å²) >= 11 is 0. The fourth-order valence-electron chi connectivity index (χ4n) is 4.05. The van der Waals surface area contributed by atoms with E-state index in [4.69, 9.17) is 0 Å². The first-order valence-electron chi connectivity index (χ1n) is 10.5. The van der Waals surface area contributed by atoms with Gasteiger partial charge in [-0.25, -0.2) is 4.79 Å². The van der Waals surface area contributed by atoms with Crippen molar-refractivity contribution in [2.45, 2.75) is 19.9 Å². The summed E-state index contributed by atoms with van der Waals surface area (Å²) < 4.78 is 0. The van der Waals surface area contributed by atoms with Crippen LogP contribution in [0.3, 0.4) is 0 Å². The van der Waals surface area contributed by atoms with E-state index in [2.05, 4.69) is 63.5 Å². The molecule has 30 heavy (non-hydrogen) atoms. The quantitative estimate of drug-likeness (QED) is 0.679. The monoisotopic (exact) mass is 403 g/mol. The number of amides is 2. The number of benzene rings is 2. The number of hydrogen-bond donors (Lipinski definition) is 2. The van der Waals surface area contributed by atoms with Crippen molar-refractivity contribution < 1.29 is 4.79 Å². The first-order valence-corrected chi connectivity index (χ1v) is 10.5. The van der Waals surface area contributed by atoms with E-state index in [1.54, 1.807) is 6.20 Å². The van der Waals surface area contributed by atoms with Gasteiger partial charge in [0.2, 0.25) is 0 Å². The van der Waals surface area contributed by atoms with Gasteiger partial charge in [0.1, 0.15) is 0 Å². The second kappa shape index (κ2) is 9.13. The highest BCUT2D eigenvalue weighted by atomic mass is 16.2. The number of fused-ring (bicyclic) bond motifs is 1. The molecule has 1 aliphatic heterocycles. The summed E-state index contributed by atoms with van der Waals surface area (Å²) in [7, 11) is 0. The fraction of sp³-hybridized carbons (Fsp3) is 0.333. The molecule has 2 amide bonds. The third-order valence-electron chi connectivity index (χ3n) is 5.69. The zero-order valence-electron chi connectivity index (χ0n) is 17.6. The number of nitrogens with one attached hydrogen (secondary N) is 2. The Morgan fingerprint density at radius 2 is 1.90 bits per heavy atom. The molecule has 2 heterocycles. The Labute approximate surface area is 177 Å². The second-order valence-corrected chi connectivity index (χ2v) is 7.94. The topological polar surface area (TPSA) is 60.5 Å². The minimum absolute atomic E-state index is 0.183. The maximum absolute atomic E-state index is 12.4. The molecule has 1 aromatic heterocycles. The summed E-state index contributed by atoms with van der Waals surface area (Å²) in [5, 5.41) is 6.87. The van der Waals surface area contributed by atoms with Crippen LogP contribution in [-0.2, 0) is 0 Å². The van der Waals surface area contributed by atoms with Gasteiger partial charge in [-0.05, 0) is 38.1 Å². The van der Waals surface area contributed by atoms with Crippen molar-refractivity contribution in [1.29, 1.82) is 0 Å². The van der Waals surface area contributed by atoms with E-state index >= 15 is 0 Å². The van der Waals surface area contributed by atoms with Crippen molar-refractivity contribution in [3.05, 3.63) is 66.4 Å². The third-order valence-corrected chi connectivity index (χ3v) is 5.69. The number of aromatic nitrogens is 1. The molecule has 1 atom stereocenters. The Morgan fingerprint density at radius 1 is 1.10 bits per heavy atom. The van der Waals surface area contributed by atoms with Crippen LogP contribution in [0.4, 0.5) is 16.2 Å². The smallest absolute Gasteiger partial charge is 0.319 e. The molecule has 1 unspecified atom stereocenters. The van der Waals surface area contributed by atoms with Crippen LogP contribution < -0.4 is 15.5 Å². The van der Waals surface area contributed by atoms with Gasteiger partial charge < -0.3 is 15.5 Å². The number of pyridine rings is 1. The van der Waals surface area contributed by atoms with Gasteiger partial charge in [0, 0.05) is 56.0 Å². The Balaban J connectivity index is 1.25. The van der Waals surface area contributed by atoms with Crippen molar-refractivity contribution in [3.8, 4) is 0 Å². The zero-order valence-corrected chi connectivity index (χ0v) is 17.6. The summed E-state index contributed by atoms with van der Waals surface area (Å²) in [6, 6.07) is 18.6. The van der Waals surface area contributed by atoms with Gasteiger partial charge >= 0.3 is 6.03 Å². The van der Waals surface area contributed by atoms with Crippen LogP contribution in [0.2, 0.25) is 0 Å². The van der Waals surface area contributed by atoms with E-state index < -0.39 is 0 Å². The normalized spacial score (nSPS) is 17.1. The minimum atomic E-state index is -0.183. The van der Waals surface area contributed by atoms with Gasteiger partial charge in [-0.15, -0.1) is 0 Å². The molecule has 0 saturated carbocycles. The summed E-state index contributed by atoms with van der Waals surface area (Å²) in [6.45, 7) is 8.83. The molecule has 6 heteroatoms. The summed E-state index contributed by atoms with van der Waals surface area (Å²) in [4.78, 5) is 21.6. The molecule has 1 saturated heterocycles. The standard InChI is InChI=1S/C24H29N5O/c1-18-7-9-20(10-8-18)29-16-15-28(17-19(29)2)14-13-26-24(30)27-23-11-12-25-22-6-4-3-5-21(22)23/h3-12,19H,13-17H2,1-2H3,(H2,25,26,27,30). The number of urea groups is 1. The van der Waals surface area contributed by atoms with E-state index in [0.717, 1.165) is 42.8 Å². The second-order valence-electron chi connectivity index (χ2n) is 7.94. The van der Waals surface area contributed by atoms with E-state index in [1.807, 2.05) is 30.3 Å². The highest BCUT2D eigenvalue weighted by molar-refractivity contribution is 6.00. The number of hydrogen-bond acceptors (Lipinski definition) is 4. The van der Waals surface area contributed by atoms with Crippen molar-refractivity contribution in [2.75, 3.05) is 42.9 Å². The van der Waals surface area contributed by atoms with Gasteiger partial charge in [0.15, 0.2) is 0 Å². The molecule has 0 spiro atoms. The summed E-state index contributed by atoms with van der Waals surface area (Å²) in [5.74, 6) is 0. The number of aryl methyl sites for hydroxylation is 1. The van der Waals surface area contributed by atoms with Crippen LogP contribution in [-0.4, -0.2) is 54.7 Å². The molecule has 0 aliphatic carbocycles. The third kappa shape index (κ3) is 4.71. The molecule has 2 aromatic carbocycles. The van der Waals surface area contributed by atoms with Crippen molar-refractivity contribution in [3.63, 3.8) is 0 Å². The number of piperazine rings is 1. The summed E-state index contributed by atoms with van der Waals surface area (Å²) in [6.07, 6.45) is 1.72. The lowest BCUT2D eigenvalue weighted by molar-refractivity contribution is 0.224. The van der Waals surface area contributed by atoms with Crippen molar-refractivity contribution in [2.24, 2.45) is 0 Å². The van der Waals surface area contributed by atoms with Crippen LogP contribution in [0.15, 0.2) is 60.8 Å². The molecule has 0 bridgehead atoms. The molecule has 4 rings (SSSR count). The molecule has 1 aliphatic rings. The van der Waals surface area contributed by atoms with Crippen molar-refractivity contribution in [1.82, 2.24) is 15.2 Å².